The molecule has 3 aromatic rings. The number of ether oxygens (including phenoxy) is 2. The van der Waals surface area contributed by atoms with Gasteiger partial charge in [0.2, 0.25) is 0 Å². The Morgan fingerprint density at radius 1 is 0.857 bits per heavy atom. The number of carbonyl (C=O) groups is 2. The van der Waals surface area contributed by atoms with Gasteiger partial charge in [0, 0.05) is 5.56 Å². The number of rotatable bonds is 6. The van der Waals surface area contributed by atoms with Crippen LogP contribution in [0.25, 0.3) is 6.08 Å². The fourth-order valence-corrected chi connectivity index (χ4v) is 2.46. The summed E-state index contributed by atoms with van der Waals surface area (Å²) >= 11 is 0. The third-order valence-corrected chi connectivity index (χ3v) is 3.95. The van der Waals surface area contributed by atoms with Gasteiger partial charge in [-0.2, -0.15) is 0 Å². The quantitative estimate of drug-likeness (QED) is 0.264. The largest absolute Gasteiger partial charge is 0.497 e. The minimum absolute atomic E-state index is 0.156. The number of allylic oxidation sites excluding steroid dienone is 1. The lowest BCUT2D eigenvalue weighted by molar-refractivity contribution is 0.0734. The lowest BCUT2D eigenvalue weighted by atomic mass is 10.1. The van der Waals surface area contributed by atoms with Crippen molar-refractivity contribution in [2.45, 2.75) is 0 Å². The highest BCUT2D eigenvalue weighted by atomic mass is 19.1. The Bertz CT molecular complexity index is 1010. The van der Waals surface area contributed by atoms with Gasteiger partial charge in [0.05, 0.1) is 12.7 Å². The lowest BCUT2D eigenvalue weighted by Crippen LogP contribution is -2.08. The van der Waals surface area contributed by atoms with Gasteiger partial charge in [-0.05, 0) is 72.3 Å². The summed E-state index contributed by atoms with van der Waals surface area (Å²) in [4.78, 5) is 24.4. The molecule has 0 heterocycles. The van der Waals surface area contributed by atoms with Crippen LogP contribution in [-0.4, -0.2) is 18.9 Å². The minimum Gasteiger partial charge on any atom is -0.497 e. The lowest BCUT2D eigenvalue weighted by Gasteiger charge is -2.05. The molecule has 0 unspecified atom stereocenters. The molecular formula is C23H17FO4. The molecule has 0 saturated carbocycles. The first kappa shape index (κ1) is 19.0. The van der Waals surface area contributed by atoms with Gasteiger partial charge in [-0.15, -0.1) is 0 Å². The van der Waals surface area contributed by atoms with Crippen molar-refractivity contribution in [2.75, 3.05) is 7.11 Å². The van der Waals surface area contributed by atoms with E-state index in [0.717, 1.165) is 0 Å². The number of halogens is 1. The molecule has 0 spiro atoms. The maximum Gasteiger partial charge on any atom is 0.343 e. The second-order valence-corrected chi connectivity index (χ2v) is 5.89. The van der Waals surface area contributed by atoms with Crippen molar-refractivity contribution < 1.29 is 23.5 Å². The average Bonchev–Trinajstić information content (AvgIpc) is 2.73. The third kappa shape index (κ3) is 4.92. The van der Waals surface area contributed by atoms with Crippen molar-refractivity contribution in [2.24, 2.45) is 0 Å². The van der Waals surface area contributed by atoms with Crippen LogP contribution in [0.1, 0.15) is 26.3 Å². The maximum absolute atomic E-state index is 12.9. The van der Waals surface area contributed by atoms with Crippen LogP contribution >= 0.6 is 0 Å². The van der Waals surface area contributed by atoms with Gasteiger partial charge >= 0.3 is 5.97 Å². The number of benzene rings is 3. The monoisotopic (exact) mass is 376 g/mol. The van der Waals surface area contributed by atoms with E-state index in [9.17, 15) is 14.0 Å². The molecule has 4 nitrogen and oxygen atoms in total. The molecule has 0 saturated heterocycles. The van der Waals surface area contributed by atoms with Gasteiger partial charge in [0.15, 0.2) is 5.78 Å². The highest BCUT2D eigenvalue weighted by Crippen LogP contribution is 2.17. The van der Waals surface area contributed by atoms with Crippen LogP contribution in [0.15, 0.2) is 78.9 Å². The number of carbonyl (C=O) groups excluding carboxylic acids is 2. The van der Waals surface area contributed by atoms with E-state index in [1.807, 2.05) is 0 Å². The van der Waals surface area contributed by atoms with Gasteiger partial charge in [-0.3, -0.25) is 4.79 Å². The van der Waals surface area contributed by atoms with E-state index in [4.69, 9.17) is 9.47 Å². The summed E-state index contributed by atoms with van der Waals surface area (Å²) in [5, 5.41) is 0. The Kier molecular flexibility index (Phi) is 5.97. The second kappa shape index (κ2) is 8.77. The molecule has 0 aliphatic carbocycles. The summed E-state index contributed by atoms with van der Waals surface area (Å²) in [7, 11) is 1.56. The number of esters is 1. The van der Waals surface area contributed by atoms with Gasteiger partial charge in [-0.25, -0.2) is 9.18 Å². The van der Waals surface area contributed by atoms with E-state index in [1.165, 1.54) is 30.3 Å². The second-order valence-electron chi connectivity index (χ2n) is 5.89. The van der Waals surface area contributed by atoms with E-state index < -0.39 is 11.8 Å². The summed E-state index contributed by atoms with van der Waals surface area (Å²) in [6, 6.07) is 18.7. The normalized spacial score (nSPS) is 10.6. The molecule has 3 rings (SSSR count). The van der Waals surface area contributed by atoms with E-state index in [1.54, 1.807) is 61.7 Å². The standard InChI is InChI=1S/C23H17FO4/c1-27-20-12-8-17(9-13-20)22(25)14-5-16-3-2-4-21(15-16)28-23(26)18-6-10-19(24)11-7-18/h2-15H,1H3/b14-5+. The highest BCUT2D eigenvalue weighted by Gasteiger charge is 2.09. The summed E-state index contributed by atoms with van der Waals surface area (Å²) in [6.07, 6.45) is 3.09. The molecule has 140 valence electrons. The summed E-state index contributed by atoms with van der Waals surface area (Å²) in [5.74, 6) is -0.165. The predicted octanol–water partition coefficient (Wildman–Crippen LogP) is 4.95. The first-order valence-electron chi connectivity index (χ1n) is 8.49. The average molecular weight is 376 g/mol. The zero-order valence-corrected chi connectivity index (χ0v) is 15.1. The molecule has 0 amide bonds. The molecule has 0 aromatic heterocycles. The molecule has 0 aliphatic rings. The van der Waals surface area contributed by atoms with Crippen molar-refractivity contribution in [3.05, 3.63) is 101 Å². The van der Waals surface area contributed by atoms with Gasteiger partial charge in [-0.1, -0.05) is 18.2 Å². The van der Waals surface area contributed by atoms with Crippen molar-refractivity contribution in [3.63, 3.8) is 0 Å². The van der Waals surface area contributed by atoms with Crippen molar-refractivity contribution >= 4 is 17.8 Å². The Labute approximate surface area is 161 Å². The molecule has 0 bridgehead atoms. The van der Waals surface area contributed by atoms with E-state index in [0.29, 0.717) is 22.6 Å². The molecule has 0 N–H and O–H groups in total. The zero-order valence-electron chi connectivity index (χ0n) is 15.1. The molecule has 28 heavy (non-hydrogen) atoms. The predicted molar refractivity (Wildman–Crippen MR) is 104 cm³/mol. The van der Waals surface area contributed by atoms with Gasteiger partial charge in [0.1, 0.15) is 17.3 Å². The Balaban J connectivity index is 1.68. The topological polar surface area (TPSA) is 52.6 Å². The van der Waals surface area contributed by atoms with Crippen LogP contribution in [-0.2, 0) is 0 Å². The first-order chi connectivity index (χ1) is 13.5. The smallest absolute Gasteiger partial charge is 0.343 e. The van der Waals surface area contributed by atoms with Crippen LogP contribution in [0.2, 0.25) is 0 Å². The van der Waals surface area contributed by atoms with Gasteiger partial charge < -0.3 is 9.47 Å². The summed E-state index contributed by atoms with van der Waals surface area (Å²) in [5.41, 5.74) is 1.49. The molecule has 3 aromatic carbocycles. The fraction of sp³-hybridized carbons (Fsp3) is 0.0435. The molecule has 0 radical (unpaired) electrons. The van der Waals surface area contributed by atoms with Crippen LogP contribution in [0.5, 0.6) is 11.5 Å². The molecule has 0 fully saturated rings. The fourth-order valence-electron chi connectivity index (χ4n) is 2.46. The van der Waals surface area contributed by atoms with Crippen LogP contribution in [0.3, 0.4) is 0 Å². The summed E-state index contributed by atoms with van der Waals surface area (Å²) in [6.45, 7) is 0. The summed E-state index contributed by atoms with van der Waals surface area (Å²) < 4.78 is 23.3. The first-order valence-corrected chi connectivity index (χ1v) is 8.49. The van der Waals surface area contributed by atoms with Crippen LogP contribution in [0.4, 0.5) is 4.39 Å². The number of methoxy groups -OCH3 is 1. The maximum atomic E-state index is 12.9. The number of hydrogen-bond donors (Lipinski definition) is 0. The van der Waals surface area contributed by atoms with Crippen molar-refractivity contribution in [3.8, 4) is 11.5 Å². The van der Waals surface area contributed by atoms with Crippen molar-refractivity contribution in [1.82, 2.24) is 0 Å². The van der Waals surface area contributed by atoms with Crippen LogP contribution in [0, 0.1) is 5.82 Å². The number of hydrogen-bond acceptors (Lipinski definition) is 4. The Morgan fingerprint density at radius 2 is 1.54 bits per heavy atom. The Hall–Kier alpha value is -3.73. The van der Waals surface area contributed by atoms with E-state index in [-0.39, 0.29) is 11.3 Å². The SMILES string of the molecule is COc1ccc(C(=O)/C=C/c2cccc(OC(=O)c3ccc(F)cc3)c2)cc1. The third-order valence-electron chi connectivity index (χ3n) is 3.95. The molecule has 0 aliphatic heterocycles. The molecular weight excluding hydrogens is 359 g/mol. The Morgan fingerprint density at radius 3 is 2.21 bits per heavy atom. The zero-order chi connectivity index (χ0) is 19.9. The van der Waals surface area contributed by atoms with Gasteiger partial charge in [0.25, 0.3) is 0 Å². The number of ketones is 1. The molecule has 5 heteroatoms. The van der Waals surface area contributed by atoms with E-state index >= 15 is 0 Å². The van der Waals surface area contributed by atoms with Crippen molar-refractivity contribution in [1.29, 1.82) is 0 Å². The van der Waals surface area contributed by atoms with Crippen LogP contribution < -0.4 is 9.47 Å². The minimum atomic E-state index is -0.588. The molecule has 0 atom stereocenters. The van der Waals surface area contributed by atoms with E-state index in [2.05, 4.69) is 0 Å². The highest BCUT2D eigenvalue weighted by molar-refractivity contribution is 6.06.